The molecule has 1 N–H and O–H groups in total. The highest BCUT2D eigenvalue weighted by Gasteiger charge is 2.19. The van der Waals surface area contributed by atoms with Crippen molar-refractivity contribution >= 4 is 22.9 Å². The highest BCUT2D eigenvalue weighted by molar-refractivity contribution is 7.16. The van der Waals surface area contributed by atoms with Gasteiger partial charge in [-0.15, -0.1) is 11.3 Å². The van der Waals surface area contributed by atoms with Gasteiger partial charge in [-0.25, -0.2) is 0 Å². The van der Waals surface area contributed by atoms with Crippen molar-refractivity contribution in [1.29, 1.82) is 0 Å². The normalized spacial score (nSPS) is 12.3. The molecule has 0 aromatic carbocycles. The van der Waals surface area contributed by atoms with Crippen LogP contribution in [-0.4, -0.2) is 31.6 Å². The monoisotopic (exact) mass is 288 g/mol. The Bertz CT molecular complexity index is 349. The molecule has 0 saturated heterocycles. The molecule has 0 atom stereocenters. The number of rotatable bonds is 8. The van der Waals surface area contributed by atoms with Crippen LogP contribution in [0.25, 0.3) is 0 Å². The Kier molecular flexibility index (Phi) is 6.64. The van der Waals surface area contributed by atoms with E-state index < -0.39 is 0 Å². The minimum absolute atomic E-state index is 0.297. The van der Waals surface area contributed by atoms with Crippen LogP contribution >= 0.6 is 22.9 Å². The Morgan fingerprint density at radius 3 is 2.67 bits per heavy atom. The number of halogens is 1. The minimum Gasteiger partial charge on any atom is -0.316 e. The second-order valence-corrected chi connectivity index (χ2v) is 7.52. The first-order valence-corrected chi connectivity index (χ1v) is 7.76. The lowest BCUT2D eigenvalue weighted by atomic mass is 9.92. The predicted octanol–water partition coefficient (Wildman–Crippen LogP) is 3.86. The second kappa shape index (κ2) is 7.49. The molecular formula is C14H25ClN2S. The zero-order valence-corrected chi connectivity index (χ0v) is 13.5. The summed E-state index contributed by atoms with van der Waals surface area (Å²) in [6, 6.07) is 4.09. The number of thiophene rings is 1. The van der Waals surface area contributed by atoms with Gasteiger partial charge in [0.05, 0.1) is 4.34 Å². The summed E-state index contributed by atoms with van der Waals surface area (Å²) in [5, 5.41) is 3.50. The van der Waals surface area contributed by atoms with Crippen molar-refractivity contribution in [3.63, 3.8) is 0 Å². The molecule has 4 heteroatoms. The Balaban J connectivity index is 2.35. The average Bonchev–Trinajstić information content (AvgIpc) is 2.63. The largest absolute Gasteiger partial charge is 0.316 e. The summed E-state index contributed by atoms with van der Waals surface area (Å²) in [5.41, 5.74) is 0.297. The first-order valence-electron chi connectivity index (χ1n) is 6.56. The van der Waals surface area contributed by atoms with Gasteiger partial charge in [-0.1, -0.05) is 32.4 Å². The third-order valence-corrected chi connectivity index (χ3v) is 4.00. The minimum atomic E-state index is 0.297. The van der Waals surface area contributed by atoms with Gasteiger partial charge in [0, 0.05) is 24.5 Å². The van der Waals surface area contributed by atoms with Crippen LogP contribution in [0.15, 0.2) is 12.1 Å². The molecule has 0 unspecified atom stereocenters. The van der Waals surface area contributed by atoms with Gasteiger partial charge in [0.15, 0.2) is 0 Å². The van der Waals surface area contributed by atoms with Crippen LogP contribution in [0.1, 0.15) is 32.1 Å². The number of hydrogen-bond acceptors (Lipinski definition) is 3. The van der Waals surface area contributed by atoms with Gasteiger partial charge < -0.3 is 10.2 Å². The molecule has 0 aliphatic heterocycles. The summed E-state index contributed by atoms with van der Waals surface area (Å²) in [5.74, 6) is 0. The van der Waals surface area contributed by atoms with Crippen molar-refractivity contribution in [3.05, 3.63) is 21.3 Å². The van der Waals surface area contributed by atoms with E-state index in [1.54, 1.807) is 11.3 Å². The Morgan fingerprint density at radius 1 is 1.39 bits per heavy atom. The highest BCUT2D eigenvalue weighted by Crippen LogP contribution is 2.23. The van der Waals surface area contributed by atoms with Gasteiger partial charge in [0.25, 0.3) is 0 Å². The van der Waals surface area contributed by atoms with Crippen molar-refractivity contribution in [2.24, 2.45) is 5.41 Å². The second-order valence-electron chi connectivity index (χ2n) is 5.72. The quantitative estimate of drug-likeness (QED) is 0.731. The third-order valence-electron chi connectivity index (χ3n) is 2.78. The number of nitrogens with one attached hydrogen (secondary N) is 1. The predicted molar refractivity (Wildman–Crippen MR) is 82.6 cm³/mol. The topological polar surface area (TPSA) is 15.3 Å². The van der Waals surface area contributed by atoms with E-state index in [-0.39, 0.29) is 0 Å². The van der Waals surface area contributed by atoms with E-state index in [0.717, 1.165) is 30.5 Å². The standard InChI is InChI=1S/C14H25ClN2S/c1-5-8-16-10-14(2,3)11-17(4)9-12-6-7-13(15)18-12/h6-7,16H,5,8-11H2,1-4H3. The van der Waals surface area contributed by atoms with E-state index in [1.165, 1.54) is 11.3 Å². The summed E-state index contributed by atoms with van der Waals surface area (Å²) in [6.07, 6.45) is 1.19. The van der Waals surface area contributed by atoms with Crippen LogP contribution in [0.2, 0.25) is 4.34 Å². The fraction of sp³-hybridized carbons (Fsp3) is 0.714. The van der Waals surface area contributed by atoms with E-state index in [2.05, 4.69) is 44.1 Å². The lowest BCUT2D eigenvalue weighted by Gasteiger charge is -2.30. The summed E-state index contributed by atoms with van der Waals surface area (Å²) in [4.78, 5) is 3.70. The van der Waals surface area contributed by atoms with Crippen molar-refractivity contribution < 1.29 is 0 Å². The van der Waals surface area contributed by atoms with Crippen molar-refractivity contribution in [2.45, 2.75) is 33.7 Å². The molecule has 2 nitrogen and oxygen atoms in total. The zero-order valence-electron chi connectivity index (χ0n) is 11.9. The zero-order chi connectivity index (χ0) is 13.6. The molecular weight excluding hydrogens is 264 g/mol. The SMILES string of the molecule is CCCNCC(C)(C)CN(C)Cc1ccc(Cl)s1. The molecule has 1 aromatic rings. The molecule has 0 spiro atoms. The van der Waals surface area contributed by atoms with Gasteiger partial charge in [-0.05, 0) is 37.6 Å². The Hall–Kier alpha value is -0.0900. The van der Waals surface area contributed by atoms with Crippen LogP contribution in [-0.2, 0) is 6.54 Å². The number of nitrogens with zero attached hydrogens (tertiary/aromatic N) is 1. The van der Waals surface area contributed by atoms with Crippen LogP contribution in [0.5, 0.6) is 0 Å². The molecule has 0 aliphatic carbocycles. The first kappa shape index (κ1) is 16.0. The molecule has 1 heterocycles. The van der Waals surface area contributed by atoms with Crippen LogP contribution < -0.4 is 5.32 Å². The lowest BCUT2D eigenvalue weighted by Crippen LogP contribution is -2.38. The van der Waals surface area contributed by atoms with Crippen molar-refractivity contribution in [1.82, 2.24) is 10.2 Å². The molecule has 0 bridgehead atoms. The molecule has 104 valence electrons. The summed E-state index contributed by atoms with van der Waals surface area (Å²) in [6.45, 7) is 11.1. The maximum absolute atomic E-state index is 5.95. The van der Waals surface area contributed by atoms with Crippen LogP contribution in [0, 0.1) is 5.41 Å². The smallest absolute Gasteiger partial charge is 0.0931 e. The third kappa shape index (κ3) is 6.19. The fourth-order valence-corrected chi connectivity index (χ4v) is 3.32. The Morgan fingerprint density at radius 2 is 2.11 bits per heavy atom. The van der Waals surface area contributed by atoms with E-state index >= 15 is 0 Å². The molecule has 18 heavy (non-hydrogen) atoms. The molecule has 1 rings (SSSR count). The van der Waals surface area contributed by atoms with Crippen LogP contribution in [0.3, 0.4) is 0 Å². The fourth-order valence-electron chi connectivity index (χ4n) is 2.15. The molecule has 0 saturated carbocycles. The van der Waals surface area contributed by atoms with Crippen molar-refractivity contribution in [2.75, 3.05) is 26.7 Å². The Labute approximate surface area is 120 Å². The van der Waals surface area contributed by atoms with Gasteiger partial charge in [-0.2, -0.15) is 0 Å². The van der Waals surface area contributed by atoms with Gasteiger partial charge >= 0.3 is 0 Å². The molecule has 0 amide bonds. The number of hydrogen-bond donors (Lipinski definition) is 1. The van der Waals surface area contributed by atoms with E-state index in [1.807, 2.05) is 6.07 Å². The summed E-state index contributed by atoms with van der Waals surface area (Å²) < 4.78 is 0.877. The summed E-state index contributed by atoms with van der Waals surface area (Å²) in [7, 11) is 2.18. The van der Waals surface area contributed by atoms with E-state index in [4.69, 9.17) is 11.6 Å². The summed E-state index contributed by atoms with van der Waals surface area (Å²) >= 11 is 7.62. The molecule has 0 radical (unpaired) electrons. The van der Waals surface area contributed by atoms with Crippen molar-refractivity contribution in [3.8, 4) is 0 Å². The van der Waals surface area contributed by atoms with Crippen LogP contribution in [0.4, 0.5) is 0 Å². The highest BCUT2D eigenvalue weighted by atomic mass is 35.5. The van der Waals surface area contributed by atoms with E-state index in [9.17, 15) is 0 Å². The maximum atomic E-state index is 5.95. The molecule has 0 aliphatic rings. The first-order chi connectivity index (χ1) is 8.43. The van der Waals surface area contributed by atoms with Gasteiger partial charge in [0.1, 0.15) is 0 Å². The maximum Gasteiger partial charge on any atom is 0.0931 e. The van der Waals surface area contributed by atoms with Gasteiger partial charge in [-0.3, -0.25) is 0 Å². The van der Waals surface area contributed by atoms with E-state index in [0.29, 0.717) is 5.41 Å². The molecule has 1 aromatic heterocycles. The molecule has 0 fully saturated rings. The lowest BCUT2D eigenvalue weighted by molar-refractivity contribution is 0.200. The van der Waals surface area contributed by atoms with Gasteiger partial charge in [0.2, 0.25) is 0 Å². The average molecular weight is 289 g/mol.